The molecule has 4 rings (SSSR count). The van der Waals surface area contributed by atoms with E-state index in [1.807, 2.05) is 14.1 Å². The van der Waals surface area contributed by atoms with Gasteiger partial charge in [-0.25, -0.2) is 4.98 Å². The molecule has 9 nitrogen and oxygen atoms in total. The van der Waals surface area contributed by atoms with Crippen molar-refractivity contribution in [3.05, 3.63) is 11.6 Å². The molecule has 3 N–H and O–H groups in total. The van der Waals surface area contributed by atoms with E-state index in [4.69, 9.17) is 11.6 Å². The molecule has 0 aromatic carbocycles. The number of fused-ring (bicyclic) bond motifs is 2. The maximum atomic E-state index is 12.2. The Morgan fingerprint density at radius 2 is 2.16 bits per heavy atom. The number of nitrogens with zero attached hydrogens (tertiary/aromatic N) is 5. The lowest BCUT2D eigenvalue weighted by Crippen LogP contribution is -2.41. The molecular formula is C15H19ClN6O3. The quantitative estimate of drug-likeness (QED) is 0.631. The molecule has 0 radical (unpaired) electrons. The van der Waals surface area contributed by atoms with Gasteiger partial charge in [-0.2, -0.15) is 9.97 Å². The molecule has 2 aromatic rings. The van der Waals surface area contributed by atoms with Gasteiger partial charge >= 0.3 is 0 Å². The highest BCUT2D eigenvalue weighted by Crippen LogP contribution is 2.67. The fourth-order valence-electron chi connectivity index (χ4n) is 4.19. The van der Waals surface area contributed by atoms with E-state index in [1.165, 1.54) is 7.05 Å². The number of carbonyl (C=O) groups is 1. The van der Waals surface area contributed by atoms with Crippen LogP contribution in [-0.2, 0) is 4.79 Å². The van der Waals surface area contributed by atoms with E-state index in [-0.39, 0.29) is 17.1 Å². The third-order valence-electron chi connectivity index (χ3n) is 5.44. The Balaban J connectivity index is 1.83. The second-order valence-corrected chi connectivity index (χ2v) is 7.23. The van der Waals surface area contributed by atoms with Crippen molar-refractivity contribution in [1.82, 2.24) is 24.8 Å². The van der Waals surface area contributed by atoms with E-state index in [0.29, 0.717) is 23.4 Å². The number of rotatable bonds is 3. The van der Waals surface area contributed by atoms with Gasteiger partial charge in [-0.3, -0.25) is 4.79 Å². The standard InChI is InChI=1S/C15H19ClN6O3/c1-17-13(25)15-4-6(15)8(9(23)10(15)24)22-5-18-7-11(21(2)3)19-14(16)20-12(7)22/h5-6,8-10,23-24H,4H2,1-3H3,(H,17,25)/t6-,8-,9+,10+,15+/m1/s1. The molecule has 2 aromatic heterocycles. The first-order valence-corrected chi connectivity index (χ1v) is 8.36. The van der Waals surface area contributed by atoms with Gasteiger partial charge in [0.25, 0.3) is 0 Å². The third kappa shape index (κ3) is 2.03. The summed E-state index contributed by atoms with van der Waals surface area (Å²) in [5, 5.41) is 23.7. The maximum Gasteiger partial charge on any atom is 0.229 e. The van der Waals surface area contributed by atoms with Gasteiger partial charge in [0.1, 0.15) is 6.10 Å². The van der Waals surface area contributed by atoms with E-state index < -0.39 is 23.7 Å². The molecule has 2 aliphatic rings. The minimum atomic E-state index is -1.13. The Morgan fingerprint density at radius 3 is 2.80 bits per heavy atom. The van der Waals surface area contributed by atoms with Crippen LogP contribution in [0.15, 0.2) is 6.33 Å². The van der Waals surface area contributed by atoms with Crippen molar-refractivity contribution in [2.45, 2.75) is 24.7 Å². The summed E-state index contributed by atoms with van der Waals surface area (Å²) in [4.78, 5) is 26.8. The van der Waals surface area contributed by atoms with Crippen molar-refractivity contribution < 1.29 is 15.0 Å². The predicted octanol–water partition coefficient (Wildman–Crippen LogP) is -0.426. The summed E-state index contributed by atoms with van der Waals surface area (Å²) in [5.74, 6) is 0.124. The monoisotopic (exact) mass is 366 g/mol. The van der Waals surface area contributed by atoms with Crippen LogP contribution in [0.25, 0.3) is 11.2 Å². The first-order chi connectivity index (χ1) is 11.8. The number of hydrogen-bond acceptors (Lipinski definition) is 7. The third-order valence-corrected chi connectivity index (χ3v) is 5.61. The van der Waals surface area contributed by atoms with Crippen molar-refractivity contribution in [2.24, 2.45) is 11.3 Å². The normalized spacial score (nSPS) is 33.4. The largest absolute Gasteiger partial charge is 0.389 e. The summed E-state index contributed by atoms with van der Waals surface area (Å²) in [5.41, 5.74) is 0.0742. The van der Waals surface area contributed by atoms with Crippen LogP contribution in [0, 0.1) is 11.3 Å². The number of imidazole rings is 1. The van der Waals surface area contributed by atoms with E-state index in [2.05, 4.69) is 20.3 Å². The first-order valence-electron chi connectivity index (χ1n) is 7.98. The molecule has 0 unspecified atom stereocenters. The average Bonchev–Trinajstić information content (AvgIpc) is 3.12. The van der Waals surface area contributed by atoms with E-state index in [1.54, 1.807) is 15.8 Å². The SMILES string of the molecule is CNC(=O)[C@@]12C[C@@H]1[C@@H](n1cnc3c(N(C)C)nc(Cl)nc31)[C@H](O)[C@@H]2O. The van der Waals surface area contributed by atoms with Crippen LogP contribution in [0.5, 0.6) is 0 Å². The lowest BCUT2D eigenvalue weighted by Gasteiger charge is -2.23. The van der Waals surface area contributed by atoms with E-state index >= 15 is 0 Å². The topological polar surface area (TPSA) is 116 Å². The zero-order valence-corrected chi connectivity index (χ0v) is 14.8. The summed E-state index contributed by atoms with van der Waals surface area (Å²) < 4.78 is 1.70. The van der Waals surface area contributed by atoms with Crippen molar-refractivity contribution in [3.63, 3.8) is 0 Å². The average molecular weight is 367 g/mol. The molecule has 0 bridgehead atoms. The van der Waals surface area contributed by atoms with Gasteiger partial charge in [0.2, 0.25) is 11.2 Å². The Kier molecular flexibility index (Phi) is 3.47. The van der Waals surface area contributed by atoms with Crippen molar-refractivity contribution in [3.8, 4) is 0 Å². The van der Waals surface area contributed by atoms with Crippen molar-refractivity contribution in [1.29, 1.82) is 0 Å². The van der Waals surface area contributed by atoms with Crippen LogP contribution in [0.2, 0.25) is 5.28 Å². The molecule has 0 spiro atoms. The van der Waals surface area contributed by atoms with Crippen LogP contribution in [0.4, 0.5) is 5.82 Å². The van der Waals surface area contributed by atoms with Gasteiger partial charge in [0.15, 0.2) is 17.0 Å². The maximum absolute atomic E-state index is 12.2. The first kappa shape index (κ1) is 16.5. The summed E-state index contributed by atoms with van der Waals surface area (Å²) in [7, 11) is 5.17. The molecule has 1 amide bonds. The molecule has 2 saturated carbocycles. The van der Waals surface area contributed by atoms with Crippen molar-refractivity contribution >= 4 is 34.5 Å². The Bertz CT molecular complexity index is 870. The number of aliphatic hydroxyl groups excluding tert-OH is 2. The molecule has 134 valence electrons. The number of carbonyl (C=O) groups excluding carboxylic acids is 1. The molecule has 10 heteroatoms. The fraction of sp³-hybridized carbons (Fsp3) is 0.600. The smallest absolute Gasteiger partial charge is 0.229 e. The van der Waals surface area contributed by atoms with Gasteiger partial charge in [0, 0.05) is 27.1 Å². The highest BCUT2D eigenvalue weighted by Gasteiger charge is 2.75. The molecule has 5 atom stereocenters. The van der Waals surface area contributed by atoms with Gasteiger partial charge in [-0.1, -0.05) is 0 Å². The van der Waals surface area contributed by atoms with E-state index in [9.17, 15) is 15.0 Å². The van der Waals surface area contributed by atoms with Crippen LogP contribution in [-0.4, -0.2) is 69.0 Å². The van der Waals surface area contributed by atoms with Gasteiger partial charge in [0.05, 0.1) is 23.9 Å². The number of aliphatic hydroxyl groups is 2. The molecule has 2 fully saturated rings. The zero-order valence-electron chi connectivity index (χ0n) is 14.0. The Hall–Kier alpha value is -1.97. The number of anilines is 1. The molecule has 0 saturated heterocycles. The second kappa shape index (κ2) is 5.26. The van der Waals surface area contributed by atoms with Gasteiger partial charge in [-0.05, 0) is 18.0 Å². The Morgan fingerprint density at radius 1 is 1.44 bits per heavy atom. The number of halogens is 1. The highest BCUT2D eigenvalue weighted by molar-refractivity contribution is 6.28. The molecule has 2 aliphatic carbocycles. The molecule has 0 aliphatic heterocycles. The number of aromatic nitrogens is 4. The predicted molar refractivity (Wildman–Crippen MR) is 90.3 cm³/mol. The van der Waals surface area contributed by atoms with Crippen LogP contribution < -0.4 is 10.2 Å². The highest BCUT2D eigenvalue weighted by atomic mass is 35.5. The fourth-order valence-corrected chi connectivity index (χ4v) is 4.35. The molecule has 25 heavy (non-hydrogen) atoms. The summed E-state index contributed by atoms with van der Waals surface area (Å²) in [6, 6.07) is -0.502. The number of hydrogen-bond donors (Lipinski definition) is 3. The number of nitrogens with one attached hydrogen (secondary N) is 1. The second-order valence-electron chi connectivity index (χ2n) is 6.89. The minimum Gasteiger partial charge on any atom is -0.389 e. The lowest BCUT2D eigenvalue weighted by atomic mass is 9.98. The Labute approximate surface area is 148 Å². The molecular weight excluding hydrogens is 348 g/mol. The van der Waals surface area contributed by atoms with Crippen LogP contribution in [0.1, 0.15) is 12.5 Å². The van der Waals surface area contributed by atoms with Crippen LogP contribution >= 0.6 is 11.6 Å². The van der Waals surface area contributed by atoms with Crippen molar-refractivity contribution in [2.75, 3.05) is 26.0 Å². The summed E-state index contributed by atoms with van der Waals surface area (Å²) in [6.07, 6.45) is -0.161. The summed E-state index contributed by atoms with van der Waals surface area (Å²) in [6.45, 7) is 0. The molecule has 2 heterocycles. The lowest BCUT2D eigenvalue weighted by molar-refractivity contribution is -0.132. The summed E-state index contributed by atoms with van der Waals surface area (Å²) >= 11 is 6.05. The van der Waals surface area contributed by atoms with Gasteiger partial charge < -0.3 is 25.0 Å². The van der Waals surface area contributed by atoms with E-state index in [0.717, 1.165) is 0 Å². The van der Waals surface area contributed by atoms with Crippen LogP contribution in [0.3, 0.4) is 0 Å². The van der Waals surface area contributed by atoms with Gasteiger partial charge in [-0.15, -0.1) is 0 Å². The zero-order chi connectivity index (χ0) is 18.1. The minimum absolute atomic E-state index is 0.0688. The number of amides is 1.